The van der Waals surface area contributed by atoms with Gasteiger partial charge in [0.15, 0.2) is 0 Å². The van der Waals surface area contributed by atoms with Gasteiger partial charge in [-0.05, 0) is 25.0 Å². The summed E-state index contributed by atoms with van der Waals surface area (Å²) in [4.78, 5) is 23.1. The fraction of sp³-hybridized carbons (Fsp3) is 0.455. The van der Waals surface area contributed by atoms with E-state index in [0.29, 0.717) is 12.8 Å². The Labute approximate surface area is 91.6 Å². The molecule has 1 aromatic heterocycles. The number of ether oxygens (including phenoxy) is 1. The Hall–Kier alpha value is -1.65. The summed E-state index contributed by atoms with van der Waals surface area (Å²) in [6.07, 6.45) is 1.42. The van der Waals surface area contributed by atoms with Gasteiger partial charge in [-0.1, -0.05) is 0 Å². The van der Waals surface area contributed by atoms with Gasteiger partial charge in [0, 0.05) is 12.2 Å². The molecule has 0 radical (unpaired) electrons. The van der Waals surface area contributed by atoms with Crippen LogP contribution in [0.15, 0.2) is 23.1 Å². The Morgan fingerprint density at radius 2 is 2.25 bits per heavy atom. The molecule has 0 amide bonds. The molecule has 2 rings (SSSR count). The standard InChI is InChI=1S/C11H12FNO3/c1-16-11(15)9-3-2-4-13(10(9)14)8-5-7(12)6-8/h2-4,7-8H,5-6H2,1H3. The van der Waals surface area contributed by atoms with E-state index in [-0.39, 0.29) is 11.6 Å². The second kappa shape index (κ2) is 4.08. The normalized spacial score (nSPS) is 23.6. The molecule has 1 aliphatic rings. The minimum Gasteiger partial charge on any atom is -0.465 e. The third-order valence-corrected chi connectivity index (χ3v) is 2.83. The van der Waals surface area contributed by atoms with Crippen molar-refractivity contribution in [2.75, 3.05) is 7.11 Å². The lowest BCUT2D eigenvalue weighted by atomic mass is 9.90. The van der Waals surface area contributed by atoms with E-state index < -0.39 is 17.7 Å². The maximum atomic E-state index is 12.7. The van der Waals surface area contributed by atoms with Gasteiger partial charge in [0.05, 0.1) is 7.11 Å². The molecule has 0 atom stereocenters. The smallest absolute Gasteiger partial charge is 0.343 e. The van der Waals surface area contributed by atoms with Gasteiger partial charge in [-0.3, -0.25) is 4.79 Å². The van der Waals surface area contributed by atoms with E-state index in [4.69, 9.17) is 0 Å². The highest BCUT2D eigenvalue weighted by Gasteiger charge is 2.31. The van der Waals surface area contributed by atoms with E-state index in [1.807, 2.05) is 0 Å². The van der Waals surface area contributed by atoms with Crippen LogP contribution >= 0.6 is 0 Å². The third kappa shape index (κ3) is 1.73. The maximum Gasteiger partial charge on any atom is 0.343 e. The molecule has 0 aromatic carbocycles. The SMILES string of the molecule is COC(=O)c1cccn(C2CC(F)C2)c1=O. The average molecular weight is 225 g/mol. The van der Waals surface area contributed by atoms with Gasteiger partial charge >= 0.3 is 5.97 Å². The number of carbonyl (C=O) groups excluding carboxylic acids is 1. The van der Waals surface area contributed by atoms with Crippen molar-refractivity contribution in [3.8, 4) is 0 Å². The van der Waals surface area contributed by atoms with Crippen molar-refractivity contribution in [1.82, 2.24) is 4.57 Å². The molecule has 0 spiro atoms. The van der Waals surface area contributed by atoms with Crippen LogP contribution < -0.4 is 5.56 Å². The number of halogens is 1. The first-order chi connectivity index (χ1) is 7.63. The summed E-state index contributed by atoms with van der Waals surface area (Å²) in [6, 6.07) is 2.88. The Kier molecular flexibility index (Phi) is 2.77. The van der Waals surface area contributed by atoms with E-state index in [0.717, 1.165) is 0 Å². The molecule has 1 aromatic rings. The number of pyridine rings is 1. The van der Waals surface area contributed by atoms with Crippen LogP contribution in [0.2, 0.25) is 0 Å². The van der Waals surface area contributed by atoms with Crippen LogP contribution in [-0.2, 0) is 4.74 Å². The van der Waals surface area contributed by atoms with E-state index in [1.165, 1.54) is 17.7 Å². The summed E-state index contributed by atoms with van der Waals surface area (Å²) >= 11 is 0. The first kappa shape index (κ1) is 10.9. The van der Waals surface area contributed by atoms with Crippen LogP contribution in [0.3, 0.4) is 0 Å². The summed E-state index contributed by atoms with van der Waals surface area (Å²) in [6.45, 7) is 0. The van der Waals surface area contributed by atoms with Gasteiger partial charge in [-0.2, -0.15) is 0 Å². The Balaban J connectivity index is 2.34. The predicted octanol–water partition coefficient (Wildman–Crippen LogP) is 1.31. The zero-order valence-corrected chi connectivity index (χ0v) is 8.85. The molecule has 4 nitrogen and oxygen atoms in total. The molecule has 16 heavy (non-hydrogen) atoms. The first-order valence-corrected chi connectivity index (χ1v) is 5.07. The summed E-state index contributed by atoms with van der Waals surface area (Å²) in [5.41, 5.74) is -0.418. The van der Waals surface area contributed by atoms with Crippen LogP contribution in [0.1, 0.15) is 29.2 Å². The molecule has 0 N–H and O–H groups in total. The highest BCUT2D eigenvalue weighted by Crippen LogP contribution is 2.33. The Morgan fingerprint density at radius 1 is 1.56 bits per heavy atom. The van der Waals surface area contributed by atoms with Crippen LogP contribution in [0.25, 0.3) is 0 Å². The molecule has 0 aliphatic heterocycles. The van der Waals surface area contributed by atoms with E-state index in [1.54, 1.807) is 12.3 Å². The van der Waals surface area contributed by atoms with E-state index in [9.17, 15) is 14.0 Å². The van der Waals surface area contributed by atoms with Crippen LogP contribution in [-0.4, -0.2) is 23.8 Å². The molecule has 0 bridgehead atoms. The second-order valence-electron chi connectivity index (χ2n) is 3.85. The zero-order chi connectivity index (χ0) is 11.7. The average Bonchev–Trinajstić information content (AvgIpc) is 2.25. The van der Waals surface area contributed by atoms with Crippen LogP contribution in [0, 0.1) is 0 Å². The fourth-order valence-corrected chi connectivity index (χ4v) is 1.81. The van der Waals surface area contributed by atoms with Gasteiger partial charge in [0.1, 0.15) is 11.7 Å². The monoisotopic (exact) mass is 225 g/mol. The number of alkyl halides is 1. The Morgan fingerprint density at radius 3 is 2.81 bits per heavy atom. The van der Waals surface area contributed by atoms with Crippen molar-refractivity contribution >= 4 is 5.97 Å². The zero-order valence-electron chi connectivity index (χ0n) is 8.85. The van der Waals surface area contributed by atoms with Crippen LogP contribution in [0.4, 0.5) is 4.39 Å². The summed E-state index contributed by atoms with van der Waals surface area (Å²) in [5, 5.41) is 0. The predicted molar refractivity (Wildman–Crippen MR) is 55.2 cm³/mol. The largest absolute Gasteiger partial charge is 0.465 e. The van der Waals surface area contributed by atoms with Crippen molar-refractivity contribution in [3.63, 3.8) is 0 Å². The third-order valence-electron chi connectivity index (χ3n) is 2.83. The van der Waals surface area contributed by atoms with Crippen molar-refractivity contribution in [3.05, 3.63) is 34.2 Å². The molecule has 86 valence electrons. The lowest BCUT2D eigenvalue weighted by molar-refractivity contribution is 0.0596. The molecular formula is C11H12FNO3. The number of hydrogen-bond donors (Lipinski definition) is 0. The molecule has 0 saturated heterocycles. The molecule has 1 fully saturated rings. The quantitative estimate of drug-likeness (QED) is 0.713. The Bertz CT molecular complexity index is 463. The molecule has 1 saturated carbocycles. The molecule has 5 heteroatoms. The summed E-state index contributed by atoms with van der Waals surface area (Å²) in [5.74, 6) is -0.657. The number of esters is 1. The molecule has 1 heterocycles. The minimum absolute atomic E-state index is 0.00712. The number of aromatic nitrogens is 1. The highest BCUT2D eigenvalue weighted by molar-refractivity contribution is 5.88. The van der Waals surface area contributed by atoms with Gasteiger partial charge in [-0.25, -0.2) is 9.18 Å². The minimum atomic E-state index is -0.835. The summed E-state index contributed by atoms with van der Waals surface area (Å²) in [7, 11) is 1.22. The topological polar surface area (TPSA) is 48.3 Å². The van der Waals surface area contributed by atoms with Crippen molar-refractivity contribution in [2.24, 2.45) is 0 Å². The van der Waals surface area contributed by atoms with E-state index >= 15 is 0 Å². The molecular weight excluding hydrogens is 213 g/mol. The van der Waals surface area contributed by atoms with E-state index in [2.05, 4.69) is 4.74 Å². The first-order valence-electron chi connectivity index (χ1n) is 5.07. The number of methoxy groups -OCH3 is 1. The fourth-order valence-electron chi connectivity index (χ4n) is 1.81. The number of nitrogens with zero attached hydrogens (tertiary/aromatic N) is 1. The molecule has 0 unspecified atom stereocenters. The van der Waals surface area contributed by atoms with Gasteiger partial charge in [0.25, 0.3) is 5.56 Å². The van der Waals surface area contributed by atoms with Crippen molar-refractivity contribution in [1.29, 1.82) is 0 Å². The van der Waals surface area contributed by atoms with Crippen molar-refractivity contribution < 1.29 is 13.9 Å². The number of rotatable bonds is 2. The van der Waals surface area contributed by atoms with Crippen molar-refractivity contribution in [2.45, 2.75) is 25.1 Å². The van der Waals surface area contributed by atoms with Gasteiger partial charge < -0.3 is 9.30 Å². The highest BCUT2D eigenvalue weighted by atomic mass is 19.1. The lowest BCUT2D eigenvalue weighted by Crippen LogP contribution is -2.36. The maximum absolute atomic E-state index is 12.7. The molecule has 1 aliphatic carbocycles. The van der Waals surface area contributed by atoms with Gasteiger partial charge in [-0.15, -0.1) is 0 Å². The summed E-state index contributed by atoms with van der Waals surface area (Å²) < 4.78 is 18.6. The van der Waals surface area contributed by atoms with Gasteiger partial charge in [0.2, 0.25) is 0 Å². The number of hydrogen-bond acceptors (Lipinski definition) is 3. The van der Waals surface area contributed by atoms with Crippen LogP contribution in [0.5, 0.6) is 0 Å². The lowest BCUT2D eigenvalue weighted by Gasteiger charge is -2.31. The number of carbonyl (C=O) groups is 1. The second-order valence-corrected chi connectivity index (χ2v) is 3.85.